The number of amides is 2. The van der Waals surface area contributed by atoms with Crippen LogP contribution >= 0.6 is 11.6 Å². The van der Waals surface area contributed by atoms with Crippen LogP contribution in [0.5, 0.6) is 17.2 Å². The number of hydrogen-bond acceptors (Lipinski definition) is 5. The number of halogens is 1. The quantitative estimate of drug-likeness (QED) is 0.326. The van der Waals surface area contributed by atoms with Gasteiger partial charge in [-0.2, -0.15) is 0 Å². The SMILES string of the molecule is COc1cc(OC)cc(OCC(=O)N(Cc2ccccc2Cl)C(Cc2ccccc2)C(=O)NCC(C)C)c1. The lowest BCUT2D eigenvalue weighted by Gasteiger charge is -2.32. The van der Waals surface area contributed by atoms with Gasteiger partial charge in [0.15, 0.2) is 6.61 Å². The molecule has 1 unspecified atom stereocenters. The lowest BCUT2D eigenvalue weighted by molar-refractivity contribution is -0.142. The Kier molecular flexibility index (Phi) is 10.8. The van der Waals surface area contributed by atoms with Gasteiger partial charge in [-0.05, 0) is 23.1 Å². The third kappa shape index (κ3) is 8.42. The van der Waals surface area contributed by atoms with E-state index in [0.717, 1.165) is 11.1 Å². The molecular formula is C30H35ClN2O5. The van der Waals surface area contributed by atoms with E-state index in [-0.39, 0.29) is 30.9 Å². The summed E-state index contributed by atoms with van der Waals surface area (Å²) < 4.78 is 16.5. The maximum Gasteiger partial charge on any atom is 0.261 e. The molecule has 0 aliphatic heterocycles. The number of carbonyl (C=O) groups excluding carboxylic acids is 2. The maximum absolute atomic E-state index is 13.7. The van der Waals surface area contributed by atoms with Gasteiger partial charge in [-0.15, -0.1) is 0 Å². The molecule has 1 N–H and O–H groups in total. The molecule has 0 fully saturated rings. The van der Waals surface area contributed by atoms with E-state index < -0.39 is 6.04 Å². The van der Waals surface area contributed by atoms with Gasteiger partial charge in [0.1, 0.15) is 23.3 Å². The zero-order chi connectivity index (χ0) is 27.5. The number of hydrogen-bond donors (Lipinski definition) is 1. The highest BCUT2D eigenvalue weighted by atomic mass is 35.5. The summed E-state index contributed by atoms with van der Waals surface area (Å²) in [7, 11) is 3.08. The van der Waals surface area contributed by atoms with Crippen molar-refractivity contribution in [2.75, 3.05) is 27.4 Å². The van der Waals surface area contributed by atoms with Gasteiger partial charge in [0.2, 0.25) is 5.91 Å². The first-order valence-electron chi connectivity index (χ1n) is 12.5. The van der Waals surface area contributed by atoms with Crippen LogP contribution in [0.15, 0.2) is 72.8 Å². The molecular weight excluding hydrogens is 504 g/mol. The summed E-state index contributed by atoms with van der Waals surface area (Å²) in [6.07, 6.45) is 0.341. The molecule has 0 saturated carbocycles. The molecule has 202 valence electrons. The van der Waals surface area contributed by atoms with Crippen LogP contribution < -0.4 is 19.5 Å². The summed E-state index contributed by atoms with van der Waals surface area (Å²) in [5.74, 6) is 1.16. The van der Waals surface area contributed by atoms with Crippen molar-refractivity contribution in [3.8, 4) is 17.2 Å². The molecule has 0 saturated heterocycles. The van der Waals surface area contributed by atoms with Crippen molar-refractivity contribution in [1.29, 1.82) is 0 Å². The van der Waals surface area contributed by atoms with Crippen LogP contribution in [0.2, 0.25) is 5.02 Å². The van der Waals surface area contributed by atoms with E-state index in [0.29, 0.717) is 35.2 Å². The first-order chi connectivity index (χ1) is 18.3. The van der Waals surface area contributed by atoms with Crippen molar-refractivity contribution in [2.24, 2.45) is 5.92 Å². The molecule has 3 aromatic rings. The van der Waals surface area contributed by atoms with Crippen molar-refractivity contribution in [2.45, 2.75) is 32.9 Å². The Morgan fingerprint density at radius 2 is 1.50 bits per heavy atom. The molecule has 3 aromatic carbocycles. The zero-order valence-corrected chi connectivity index (χ0v) is 23.0. The van der Waals surface area contributed by atoms with Gasteiger partial charge in [-0.1, -0.05) is 74.0 Å². The monoisotopic (exact) mass is 538 g/mol. The van der Waals surface area contributed by atoms with E-state index in [1.165, 1.54) is 0 Å². The topological polar surface area (TPSA) is 77.1 Å². The third-order valence-electron chi connectivity index (χ3n) is 5.94. The summed E-state index contributed by atoms with van der Waals surface area (Å²) in [6, 6.07) is 21.2. The number of nitrogens with one attached hydrogen (secondary N) is 1. The Bertz CT molecular complexity index is 1180. The number of carbonyl (C=O) groups is 2. The number of nitrogens with zero attached hydrogens (tertiary/aromatic N) is 1. The Balaban J connectivity index is 1.92. The minimum Gasteiger partial charge on any atom is -0.496 e. The fourth-order valence-electron chi connectivity index (χ4n) is 3.88. The molecule has 0 aliphatic carbocycles. The predicted molar refractivity (Wildman–Crippen MR) is 149 cm³/mol. The largest absolute Gasteiger partial charge is 0.496 e. The fraction of sp³-hybridized carbons (Fsp3) is 0.333. The lowest BCUT2D eigenvalue weighted by Crippen LogP contribution is -2.52. The summed E-state index contributed by atoms with van der Waals surface area (Å²) >= 11 is 6.46. The second-order valence-electron chi connectivity index (χ2n) is 9.29. The average molecular weight is 539 g/mol. The van der Waals surface area contributed by atoms with E-state index in [1.54, 1.807) is 43.4 Å². The van der Waals surface area contributed by atoms with E-state index in [4.69, 9.17) is 25.8 Å². The van der Waals surface area contributed by atoms with Crippen LogP contribution in [0.1, 0.15) is 25.0 Å². The van der Waals surface area contributed by atoms with Gasteiger partial charge < -0.3 is 24.4 Å². The Morgan fingerprint density at radius 1 is 0.895 bits per heavy atom. The Labute approximate surface area is 229 Å². The molecule has 0 heterocycles. The third-order valence-corrected chi connectivity index (χ3v) is 6.31. The van der Waals surface area contributed by atoms with Crippen LogP contribution in [0.25, 0.3) is 0 Å². The highest BCUT2D eigenvalue weighted by Crippen LogP contribution is 2.28. The van der Waals surface area contributed by atoms with Gasteiger partial charge in [-0.25, -0.2) is 0 Å². The highest BCUT2D eigenvalue weighted by molar-refractivity contribution is 6.31. The van der Waals surface area contributed by atoms with Crippen LogP contribution in [-0.2, 0) is 22.6 Å². The second-order valence-corrected chi connectivity index (χ2v) is 9.70. The highest BCUT2D eigenvalue weighted by Gasteiger charge is 2.31. The molecule has 2 amide bonds. The van der Waals surface area contributed by atoms with E-state index in [2.05, 4.69) is 5.32 Å². The van der Waals surface area contributed by atoms with Crippen molar-refractivity contribution >= 4 is 23.4 Å². The molecule has 7 nitrogen and oxygen atoms in total. The summed E-state index contributed by atoms with van der Waals surface area (Å²) in [4.78, 5) is 28.8. The predicted octanol–water partition coefficient (Wildman–Crippen LogP) is 5.15. The number of rotatable bonds is 13. The normalized spacial score (nSPS) is 11.5. The second kappa shape index (κ2) is 14.3. The zero-order valence-electron chi connectivity index (χ0n) is 22.3. The van der Waals surface area contributed by atoms with E-state index in [1.807, 2.05) is 62.4 Å². The van der Waals surface area contributed by atoms with Gasteiger partial charge >= 0.3 is 0 Å². The van der Waals surface area contributed by atoms with E-state index >= 15 is 0 Å². The molecule has 0 radical (unpaired) electrons. The summed E-state index contributed by atoms with van der Waals surface area (Å²) in [5.41, 5.74) is 1.67. The number of ether oxygens (including phenoxy) is 3. The number of benzene rings is 3. The molecule has 0 bridgehead atoms. The molecule has 0 aliphatic rings. The van der Waals surface area contributed by atoms with E-state index in [9.17, 15) is 9.59 Å². The Hall–Kier alpha value is -3.71. The van der Waals surface area contributed by atoms with Crippen LogP contribution in [0, 0.1) is 5.92 Å². The number of methoxy groups -OCH3 is 2. The molecule has 1 atom stereocenters. The lowest BCUT2D eigenvalue weighted by atomic mass is 10.0. The van der Waals surface area contributed by atoms with Crippen molar-refractivity contribution in [1.82, 2.24) is 10.2 Å². The first kappa shape index (κ1) is 28.9. The summed E-state index contributed by atoms with van der Waals surface area (Å²) in [6.45, 7) is 4.41. The molecule has 3 rings (SSSR count). The standard InChI is InChI=1S/C30H35ClN2O5/c1-21(2)18-32-30(35)28(14-22-10-6-5-7-11-22)33(19-23-12-8-9-13-27(23)31)29(34)20-38-26-16-24(36-3)15-25(17-26)37-4/h5-13,15-17,21,28H,14,18-20H2,1-4H3,(H,32,35). The van der Waals surface area contributed by atoms with Crippen molar-refractivity contribution in [3.05, 3.63) is 88.9 Å². The Morgan fingerprint density at radius 3 is 2.11 bits per heavy atom. The van der Waals surface area contributed by atoms with Gasteiger partial charge in [0, 0.05) is 42.7 Å². The van der Waals surface area contributed by atoms with Gasteiger partial charge in [-0.3, -0.25) is 9.59 Å². The van der Waals surface area contributed by atoms with Crippen molar-refractivity contribution in [3.63, 3.8) is 0 Å². The first-order valence-corrected chi connectivity index (χ1v) is 12.9. The van der Waals surface area contributed by atoms with Crippen LogP contribution in [0.3, 0.4) is 0 Å². The average Bonchev–Trinajstić information content (AvgIpc) is 2.93. The molecule has 0 aromatic heterocycles. The minimum atomic E-state index is -0.775. The maximum atomic E-state index is 13.7. The van der Waals surface area contributed by atoms with Crippen molar-refractivity contribution < 1.29 is 23.8 Å². The van der Waals surface area contributed by atoms with Gasteiger partial charge in [0.05, 0.1) is 14.2 Å². The molecule has 38 heavy (non-hydrogen) atoms. The van der Waals surface area contributed by atoms with Crippen LogP contribution in [0.4, 0.5) is 0 Å². The smallest absolute Gasteiger partial charge is 0.261 e. The molecule has 8 heteroatoms. The van der Waals surface area contributed by atoms with Gasteiger partial charge in [0.25, 0.3) is 5.91 Å². The molecule has 0 spiro atoms. The summed E-state index contributed by atoms with van der Waals surface area (Å²) in [5, 5.41) is 3.52. The minimum absolute atomic E-state index is 0.149. The fourth-order valence-corrected chi connectivity index (χ4v) is 4.07. The van der Waals surface area contributed by atoms with Crippen LogP contribution in [-0.4, -0.2) is 50.1 Å².